The van der Waals surface area contributed by atoms with Gasteiger partial charge in [-0.25, -0.2) is 4.98 Å². The molecule has 3 aliphatic rings. The first-order valence-electron chi connectivity index (χ1n) is 12.2. The lowest BCUT2D eigenvalue weighted by atomic mass is 9.83. The lowest BCUT2D eigenvalue weighted by molar-refractivity contribution is -0.0937. The zero-order valence-corrected chi connectivity index (χ0v) is 21.7. The number of halogens is 5. The second-order valence-electron chi connectivity index (χ2n) is 10.1. The number of carbonyl (C=O) groups is 1. The second kappa shape index (κ2) is 9.69. The molecule has 2 saturated heterocycles. The lowest BCUT2D eigenvalue weighted by Gasteiger charge is -2.39. The van der Waals surface area contributed by atoms with Crippen LogP contribution >= 0.6 is 23.2 Å². The third-order valence-corrected chi connectivity index (χ3v) is 8.62. The third kappa shape index (κ3) is 4.68. The first-order valence-corrected chi connectivity index (χ1v) is 13.0. The average Bonchev–Trinajstić information content (AvgIpc) is 3.11. The van der Waals surface area contributed by atoms with Gasteiger partial charge in [-0.05, 0) is 49.0 Å². The number of piperidine rings is 1. The Balaban J connectivity index is 1.38. The number of ether oxygens (including phenoxy) is 1. The summed E-state index contributed by atoms with van der Waals surface area (Å²) in [5.74, 6) is 1.23. The standard InChI is InChI=1S/C26H28Cl2F3N3O2/c1-14-9-17(26(29,30)31)10-21-24(14)32-22(33(21)2)11-19-20(27)4-3-18(23(19)28)25(35)34-7-5-15(6-8-34)16-12-36-13-16/h3-4,10,14-16H,5-9,11-13H2,1-2H3. The molecule has 2 aliphatic heterocycles. The van der Waals surface area contributed by atoms with E-state index in [1.54, 1.807) is 30.7 Å². The van der Waals surface area contributed by atoms with E-state index in [4.69, 9.17) is 27.9 Å². The first kappa shape index (κ1) is 25.6. The van der Waals surface area contributed by atoms with E-state index < -0.39 is 11.7 Å². The summed E-state index contributed by atoms with van der Waals surface area (Å²) >= 11 is 13.2. The number of carbonyl (C=O) groups excluding carboxylic acids is 1. The normalized spacial score (nSPS) is 21.2. The molecule has 1 aromatic heterocycles. The zero-order valence-electron chi connectivity index (χ0n) is 20.2. The van der Waals surface area contributed by atoms with Crippen LogP contribution < -0.4 is 0 Å². The van der Waals surface area contributed by atoms with Crippen molar-refractivity contribution < 1.29 is 22.7 Å². The Morgan fingerprint density at radius 2 is 1.86 bits per heavy atom. The molecule has 2 aromatic rings. The molecular weight excluding hydrogens is 514 g/mol. The van der Waals surface area contributed by atoms with Crippen molar-refractivity contribution >= 4 is 35.2 Å². The first-order chi connectivity index (χ1) is 17.0. The number of fused-ring (bicyclic) bond motifs is 1. The molecule has 1 atom stereocenters. The minimum absolute atomic E-state index is 0.108. The molecule has 0 radical (unpaired) electrons. The van der Waals surface area contributed by atoms with Crippen molar-refractivity contribution in [2.45, 2.75) is 44.7 Å². The van der Waals surface area contributed by atoms with Gasteiger partial charge in [-0.2, -0.15) is 13.2 Å². The molecule has 0 saturated carbocycles. The van der Waals surface area contributed by atoms with Crippen LogP contribution in [0.5, 0.6) is 0 Å². The molecule has 1 aromatic carbocycles. The van der Waals surface area contributed by atoms with Gasteiger partial charge in [-0.1, -0.05) is 30.1 Å². The van der Waals surface area contributed by atoms with E-state index in [2.05, 4.69) is 4.98 Å². The minimum atomic E-state index is -4.38. The number of likely N-dealkylation sites (tertiary alicyclic amines) is 1. The Labute approximate surface area is 218 Å². The predicted molar refractivity (Wildman–Crippen MR) is 132 cm³/mol. The summed E-state index contributed by atoms with van der Waals surface area (Å²) in [5.41, 5.74) is 1.43. The van der Waals surface area contributed by atoms with Crippen LogP contribution in [0.25, 0.3) is 6.08 Å². The maximum absolute atomic E-state index is 13.4. The highest BCUT2D eigenvalue weighted by molar-refractivity contribution is 6.38. The van der Waals surface area contributed by atoms with Gasteiger partial charge >= 0.3 is 6.18 Å². The van der Waals surface area contributed by atoms with Crippen LogP contribution in [0.3, 0.4) is 0 Å². The van der Waals surface area contributed by atoms with Crippen LogP contribution in [0.15, 0.2) is 17.7 Å². The quantitative estimate of drug-likeness (QED) is 0.458. The Morgan fingerprint density at radius 1 is 1.17 bits per heavy atom. The minimum Gasteiger partial charge on any atom is -0.381 e. The van der Waals surface area contributed by atoms with Crippen molar-refractivity contribution in [3.05, 3.63) is 56.1 Å². The molecule has 10 heteroatoms. The topological polar surface area (TPSA) is 47.4 Å². The van der Waals surface area contributed by atoms with E-state index >= 15 is 0 Å². The van der Waals surface area contributed by atoms with Gasteiger partial charge in [-0.3, -0.25) is 4.79 Å². The van der Waals surface area contributed by atoms with Gasteiger partial charge in [0.2, 0.25) is 0 Å². The fourth-order valence-electron chi connectivity index (χ4n) is 5.48. The Hall–Kier alpha value is -2.03. The lowest BCUT2D eigenvalue weighted by Crippen LogP contribution is -2.44. The molecule has 194 valence electrons. The van der Waals surface area contributed by atoms with Crippen LogP contribution in [0.4, 0.5) is 13.2 Å². The molecule has 0 N–H and O–H groups in total. The number of hydrogen-bond donors (Lipinski definition) is 0. The van der Waals surface area contributed by atoms with E-state index in [9.17, 15) is 18.0 Å². The maximum atomic E-state index is 13.4. The van der Waals surface area contributed by atoms with Crippen molar-refractivity contribution in [2.24, 2.45) is 18.9 Å². The fourth-order valence-corrected chi connectivity index (χ4v) is 6.06. The van der Waals surface area contributed by atoms with Gasteiger partial charge in [0, 0.05) is 49.0 Å². The SMILES string of the molecule is CC1CC(C(F)(F)F)=Cc2c1nc(Cc1c(Cl)ccc(C(=O)N3CCC(C4COC4)CC3)c1Cl)n2C. The third-order valence-electron chi connectivity index (χ3n) is 7.84. The molecule has 3 heterocycles. The van der Waals surface area contributed by atoms with Crippen LogP contribution in [-0.2, 0) is 18.2 Å². The fraction of sp³-hybridized carbons (Fsp3) is 0.538. The van der Waals surface area contributed by atoms with Gasteiger partial charge in [0.25, 0.3) is 5.91 Å². The van der Waals surface area contributed by atoms with E-state index in [0.29, 0.717) is 58.3 Å². The van der Waals surface area contributed by atoms with Crippen LogP contribution in [0, 0.1) is 11.8 Å². The van der Waals surface area contributed by atoms with E-state index in [0.717, 1.165) is 26.1 Å². The number of alkyl halides is 3. The van der Waals surface area contributed by atoms with Crippen LogP contribution in [0.1, 0.15) is 65.2 Å². The summed E-state index contributed by atoms with van der Waals surface area (Å²) < 4.78 is 47.1. The van der Waals surface area contributed by atoms with Crippen LogP contribution in [-0.4, -0.2) is 52.8 Å². The number of hydrogen-bond acceptors (Lipinski definition) is 3. The number of nitrogens with zero attached hydrogens (tertiary/aromatic N) is 3. The van der Waals surface area contributed by atoms with E-state index in [1.165, 1.54) is 6.08 Å². The molecule has 0 spiro atoms. The largest absolute Gasteiger partial charge is 0.412 e. The number of aromatic nitrogens is 2. The predicted octanol–water partition coefficient (Wildman–Crippen LogP) is 6.27. The number of amides is 1. The number of allylic oxidation sites excluding steroid dienone is 1. The number of benzene rings is 1. The molecule has 1 unspecified atom stereocenters. The molecule has 2 fully saturated rings. The molecule has 1 amide bonds. The van der Waals surface area contributed by atoms with Gasteiger partial charge in [0.1, 0.15) is 5.82 Å². The number of imidazole rings is 1. The molecule has 36 heavy (non-hydrogen) atoms. The number of rotatable bonds is 4. The van der Waals surface area contributed by atoms with Gasteiger partial charge in [0.05, 0.1) is 35.2 Å². The highest BCUT2D eigenvalue weighted by atomic mass is 35.5. The van der Waals surface area contributed by atoms with Crippen molar-refractivity contribution in [3.63, 3.8) is 0 Å². The monoisotopic (exact) mass is 541 g/mol. The van der Waals surface area contributed by atoms with Gasteiger partial charge in [0.15, 0.2) is 0 Å². The smallest absolute Gasteiger partial charge is 0.381 e. The van der Waals surface area contributed by atoms with E-state index in [1.807, 2.05) is 4.90 Å². The summed E-state index contributed by atoms with van der Waals surface area (Å²) in [4.78, 5) is 19.8. The van der Waals surface area contributed by atoms with Gasteiger partial charge in [-0.15, -0.1) is 0 Å². The summed E-state index contributed by atoms with van der Waals surface area (Å²) in [6, 6.07) is 3.30. The average molecular weight is 542 g/mol. The highest BCUT2D eigenvalue weighted by Crippen LogP contribution is 2.41. The van der Waals surface area contributed by atoms with Crippen LogP contribution in [0.2, 0.25) is 10.0 Å². The van der Waals surface area contributed by atoms with Crippen molar-refractivity contribution in [3.8, 4) is 0 Å². The zero-order chi connectivity index (χ0) is 25.8. The van der Waals surface area contributed by atoms with E-state index in [-0.39, 0.29) is 29.7 Å². The Bertz CT molecular complexity index is 1210. The summed E-state index contributed by atoms with van der Waals surface area (Å²) in [6.45, 7) is 4.72. The van der Waals surface area contributed by atoms with Crippen molar-refractivity contribution in [2.75, 3.05) is 26.3 Å². The summed E-state index contributed by atoms with van der Waals surface area (Å²) in [6.07, 6.45) is -1.21. The summed E-state index contributed by atoms with van der Waals surface area (Å²) in [7, 11) is 1.69. The molecule has 5 rings (SSSR count). The highest BCUT2D eigenvalue weighted by Gasteiger charge is 2.38. The molecule has 5 nitrogen and oxygen atoms in total. The molecule has 0 bridgehead atoms. The summed E-state index contributed by atoms with van der Waals surface area (Å²) in [5, 5.41) is 0.656. The maximum Gasteiger partial charge on any atom is 0.412 e. The van der Waals surface area contributed by atoms with Crippen molar-refractivity contribution in [1.82, 2.24) is 14.5 Å². The Morgan fingerprint density at radius 3 is 2.47 bits per heavy atom. The Kier molecular flexibility index (Phi) is 6.89. The molecule has 1 aliphatic carbocycles. The second-order valence-corrected chi connectivity index (χ2v) is 10.9. The van der Waals surface area contributed by atoms with Crippen molar-refractivity contribution in [1.29, 1.82) is 0 Å². The van der Waals surface area contributed by atoms with Gasteiger partial charge < -0.3 is 14.2 Å². The molecular formula is C26H28Cl2F3N3O2.